The molecule has 0 aliphatic carbocycles. The fraction of sp³-hybridized carbons (Fsp3) is 0.133. The molecular weight excluding hydrogens is 242 g/mol. The molecule has 0 radical (unpaired) electrons. The summed E-state index contributed by atoms with van der Waals surface area (Å²) in [6.07, 6.45) is -0.576. The van der Waals surface area contributed by atoms with Gasteiger partial charge in [0.25, 0.3) is 0 Å². The first-order valence-electron chi connectivity index (χ1n) is 6.08. The molecule has 1 amide bonds. The van der Waals surface area contributed by atoms with Crippen LogP contribution in [-0.2, 0) is 4.74 Å². The summed E-state index contributed by atoms with van der Waals surface area (Å²) < 4.78 is 10.8. The summed E-state index contributed by atoms with van der Waals surface area (Å²) in [4.78, 5) is 11.0. The number of amides is 1. The molecule has 0 bridgehead atoms. The van der Waals surface area contributed by atoms with E-state index in [1.165, 1.54) is 0 Å². The Kier molecular flexibility index (Phi) is 3.06. The molecule has 19 heavy (non-hydrogen) atoms. The molecule has 1 atom stereocenters. The first-order chi connectivity index (χ1) is 9.31. The van der Waals surface area contributed by atoms with E-state index >= 15 is 0 Å². The van der Waals surface area contributed by atoms with Crippen LogP contribution in [0.4, 0.5) is 4.79 Å². The van der Waals surface area contributed by atoms with Crippen LogP contribution in [-0.4, -0.2) is 12.6 Å². The lowest BCUT2D eigenvalue weighted by Crippen LogP contribution is -2.12. The summed E-state index contributed by atoms with van der Waals surface area (Å²) in [6.45, 7) is 0.512. The second-order valence-electron chi connectivity index (χ2n) is 4.26. The molecule has 2 aromatic carbocycles. The number of cyclic esters (lactones) is 1. The van der Waals surface area contributed by atoms with Crippen LogP contribution in [0, 0.1) is 0 Å². The highest BCUT2D eigenvalue weighted by molar-refractivity contribution is 5.69. The zero-order valence-corrected chi connectivity index (χ0v) is 10.2. The van der Waals surface area contributed by atoms with E-state index in [9.17, 15) is 4.79 Å². The zero-order chi connectivity index (χ0) is 13.1. The Bertz CT molecular complexity index is 566. The van der Waals surface area contributed by atoms with Crippen molar-refractivity contribution >= 4 is 6.09 Å². The standard InChI is InChI=1S/C15H13NO3/c17-15-16-10-14(19-15)11-6-8-13(9-7-11)18-12-4-2-1-3-5-12/h1-9,14H,10H2,(H,16,17). The van der Waals surface area contributed by atoms with Gasteiger partial charge in [0, 0.05) is 0 Å². The summed E-state index contributed by atoms with van der Waals surface area (Å²) in [6, 6.07) is 17.1. The SMILES string of the molecule is O=C1NCC(c2ccc(Oc3ccccc3)cc2)O1. The molecular formula is C15H13NO3. The Labute approximate surface area is 111 Å². The lowest BCUT2D eigenvalue weighted by atomic mass is 10.1. The minimum atomic E-state index is -0.366. The number of nitrogens with one attached hydrogen (secondary N) is 1. The van der Waals surface area contributed by atoms with E-state index in [1.807, 2.05) is 54.6 Å². The van der Waals surface area contributed by atoms with Crippen LogP contribution in [0.25, 0.3) is 0 Å². The number of alkyl carbamates (subject to hydrolysis) is 1. The number of hydrogen-bond donors (Lipinski definition) is 1. The molecule has 1 saturated heterocycles. The molecule has 3 rings (SSSR count). The average molecular weight is 255 g/mol. The van der Waals surface area contributed by atoms with Crippen LogP contribution in [0.5, 0.6) is 11.5 Å². The first-order valence-corrected chi connectivity index (χ1v) is 6.08. The van der Waals surface area contributed by atoms with E-state index in [0.717, 1.165) is 17.1 Å². The minimum Gasteiger partial charge on any atom is -0.457 e. The molecule has 1 N–H and O–H groups in total. The number of ether oxygens (including phenoxy) is 2. The van der Waals surface area contributed by atoms with Crippen LogP contribution in [0.15, 0.2) is 54.6 Å². The van der Waals surface area contributed by atoms with Gasteiger partial charge in [0.2, 0.25) is 0 Å². The molecule has 96 valence electrons. The van der Waals surface area contributed by atoms with Gasteiger partial charge in [-0.3, -0.25) is 0 Å². The predicted molar refractivity (Wildman–Crippen MR) is 70.2 cm³/mol. The van der Waals surface area contributed by atoms with Crippen LogP contribution >= 0.6 is 0 Å². The normalized spacial score (nSPS) is 17.7. The number of para-hydroxylation sites is 1. The van der Waals surface area contributed by atoms with Crippen LogP contribution in [0.3, 0.4) is 0 Å². The lowest BCUT2D eigenvalue weighted by molar-refractivity contribution is 0.141. The Morgan fingerprint density at radius 3 is 2.32 bits per heavy atom. The third-order valence-electron chi connectivity index (χ3n) is 2.91. The smallest absolute Gasteiger partial charge is 0.407 e. The molecule has 4 nitrogen and oxygen atoms in total. The molecule has 2 aromatic rings. The van der Waals surface area contributed by atoms with Gasteiger partial charge in [-0.15, -0.1) is 0 Å². The van der Waals surface area contributed by atoms with Gasteiger partial charge in [-0.2, -0.15) is 0 Å². The van der Waals surface area contributed by atoms with Crippen LogP contribution in [0.2, 0.25) is 0 Å². The average Bonchev–Trinajstić information content (AvgIpc) is 2.87. The van der Waals surface area contributed by atoms with E-state index in [4.69, 9.17) is 9.47 Å². The van der Waals surface area contributed by atoms with E-state index in [2.05, 4.69) is 5.32 Å². The molecule has 1 unspecified atom stereocenters. The van der Waals surface area contributed by atoms with Crippen molar-refractivity contribution < 1.29 is 14.3 Å². The summed E-state index contributed by atoms with van der Waals surface area (Å²) in [5.41, 5.74) is 0.957. The minimum absolute atomic E-state index is 0.210. The number of benzene rings is 2. The maximum atomic E-state index is 11.0. The molecule has 1 aliphatic rings. The second-order valence-corrected chi connectivity index (χ2v) is 4.26. The maximum absolute atomic E-state index is 11.0. The van der Waals surface area contributed by atoms with Gasteiger partial charge in [0.15, 0.2) is 0 Å². The third-order valence-corrected chi connectivity index (χ3v) is 2.91. The summed E-state index contributed by atoms with van der Waals surface area (Å²) >= 11 is 0. The predicted octanol–water partition coefficient (Wildman–Crippen LogP) is 3.26. The van der Waals surface area contributed by atoms with Crippen molar-refractivity contribution in [2.45, 2.75) is 6.10 Å². The summed E-state index contributed by atoms with van der Waals surface area (Å²) in [7, 11) is 0. The molecule has 1 fully saturated rings. The van der Waals surface area contributed by atoms with Crippen molar-refractivity contribution in [3.05, 3.63) is 60.2 Å². The Balaban J connectivity index is 1.71. The number of hydrogen-bond acceptors (Lipinski definition) is 3. The molecule has 0 spiro atoms. The molecule has 4 heteroatoms. The van der Waals surface area contributed by atoms with E-state index in [-0.39, 0.29) is 12.2 Å². The van der Waals surface area contributed by atoms with E-state index in [1.54, 1.807) is 0 Å². The number of carbonyl (C=O) groups excluding carboxylic acids is 1. The van der Waals surface area contributed by atoms with Crippen LogP contribution < -0.4 is 10.1 Å². The Morgan fingerprint density at radius 2 is 1.68 bits per heavy atom. The van der Waals surface area contributed by atoms with Crippen molar-refractivity contribution in [1.82, 2.24) is 5.32 Å². The van der Waals surface area contributed by atoms with E-state index in [0.29, 0.717) is 6.54 Å². The van der Waals surface area contributed by atoms with Gasteiger partial charge in [0.05, 0.1) is 6.54 Å². The number of carbonyl (C=O) groups is 1. The van der Waals surface area contributed by atoms with Gasteiger partial charge in [0.1, 0.15) is 17.6 Å². The monoisotopic (exact) mass is 255 g/mol. The van der Waals surface area contributed by atoms with Gasteiger partial charge in [-0.05, 0) is 29.8 Å². The lowest BCUT2D eigenvalue weighted by Gasteiger charge is -2.09. The zero-order valence-electron chi connectivity index (χ0n) is 10.2. The maximum Gasteiger partial charge on any atom is 0.407 e. The van der Waals surface area contributed by atoms with Crippen molar-refractivity contribution in [3.63, 3.8) is 0 Å². The van der Waals surface area contributed by atoms with E-state index < -0.39 is 0 Å². The highest BCUT2D eigenvalue weighted by Crippen LogP contribution is 2.25. The van der Waals surface area contributed by atoms with Crippen molar-refractivity contribution in [3.8, 4) is 11.5 Å². The van der Waals surface area contributed by atoms with Crippen molar-refractivity contribution in [2.75, 3.05) is 6.54 Å². The summed E-state index contributed by atoms with van der Waals surface area (Å²) in [5.74, 6) is 1.55. The van der Waals surface area contributed by atoms with Gasteiger partial charge < -0.3 is 14.8 Å². The quantitative estimate of drug-likeness (QED) is 0.915. The second kappa shape index (κ2) is 5.02. The fourth-order valence-corrected chi connectivity index (χ4v) is 1.95. The Morgan fingerprint density at radius 1 is 1.00 bits per heavy atom. The van der Waals surface area contributed by atoms with Crippen LogP contribution in [0.1, 0.15) is 11.7 Å². The highest BCUT2D eigenvalue weighted by atomic mass is 16.6. The Hall–Kier alpha value is -2.49. The van der Waals surface area contributed by atoms with Gasteiger partial charge in [-0.25, -0.2) is 4.79 Å². The topological polar surface area (TPSA) is 47.6 Å². The third kappa shape index (κ3) is 2.68. The fourth-order valence-electron chi connectivity index (χ4n) is 1.95. The molecule has 0 saturated carbocycles. The van der Waals surface area contributed by atoms with Crippen molar-refractivity contribution in [2.24, 2.45) is 0 Å². The van der Waals surface area contributed by atoms with Gasteiger partial charge >= 0.3 is 6.09 Å². The molecule has 1 heterocycles. The molecule has 0 aromatic heterocycles. The van der Waals surface area contributed by atoms with Gasteiger partial charge in [-0.1, -0.05) is 30.3 Å². The van der Waals surface area contributed by atoms with Crippen molar-refractivity contribution in [1.29, 1.82) is 0 Å². The first kappa shape index (κ1) is 11.6. The molecule has 1 aliphatic heterocycles. The highest BCUT2D eigenvalue weighted by Gasteiger charge is 2.23. The summed E-state index contributed by atoms with van der Waals surface area (Å²) in [5, 5.41) is 2.63. The largest absolute Gasteiger partial charge is 0.457 e. The number of rotatable bonds is 3.